The maximum atomic E-state index is 12.1. The van der Waals surface area contributed by atoms with Crippen molar-refractivity contribution in [2.75, 3.05) is 5.32 Å². The molecule has 4 nitrogen and oxygen atoms in total. The van der Waals surface area contributed by atoms with Gasteiger partial charge in [0.25, 0.3) is 5.91 Å². The number of benzene rings is 2. The number of rotatable bonds is 3. The molecule has 0 saturated carbocycles. The lowest BCUT2D eigenvalue weighted by atomic mass is 10.1. The fourth-order valence-corrected chi connectivity index (χ4v) is 2.32. The van der Waals surface area contributed by atoms with Crippen LogP contribution in [-0.4, -0.2) is 17.0 Å². The summed E-state index contributed by atoms with van der Waals surface area (Å²) in [6.45, 7) is 0. The van der Waals surface area contributed by atoms with Crippen LogP contribution < -0.4 is 5.32 Å². The third-order valence-electron chi connectivity index (χ3n) is 2.64. The number of aromatic carboxylic acids is 1. The summed E-state index contributed by atoms with van der Waals surface area (Å²) in [6.07, 6.45) is 0. The first-order valence-electron chi connectivity index (χ1n) is 5.67. The third-order valence-corrected chi connectivity index (χ3v) is 4.45. The van der Waals surface area contributed by atoms with E-state index in [1.165, 1.54) is 24.3 Å². The minimum Gasteiger partial charge on any atom is -0.478 e. The summed E-state index contributed by atoms with van der Waals surface area (Å²) in [5.41, 5.74) is 0.436. The first-order chi connectivity index (χ1) is 9.88. The number of nitrogens with one attached hydrogen (secondary N) is 1. The number of carbonyl (C=O) groups excluding carboxylic acids is 1. The van der Waals surface area contributed by atoms with Gasteiger partial charge in [-0.25, -0.2) is 4.79 Å². The van der Waals surface area contributed by atoms with Gasteiger partial charge >= 0.3 is 5.97 Å². The first-order valence-corrected chi connectivity index (χ1v) is 7.51. The Morgan fingerprint density at radius 1 is 1.10 bits per heavy atom. The predicted molar refractivity (Wildman–Crippen MR) is 90.5 cm³/mol. The Morgan fingerprint density at radius 3 is 2.43 bits per heavy atom. The highest BCUT2D eigenvalue weighted by molar-refractivity contribution is 14.1. The summed E-state index contributed by atoms with van der Waals surface area (Å²) in [5.74, 6) is -1.62. The molecule has 0 saturated heterocycles. The molecular weight excluding hydrogens is 428 g/mol. The standard InChI is InChI=1S/C14H8Cl2INO3/c15-8-2-4-12(9(6-8)14(20)21)18-13(19)7-1-3-11(17)10(16)5-7/h1-6H,(H,18,19)(H,20,21). The molecule has 0 fully saturated rings. The van der Waals surface area contributed by atoms with Crippen LogP contribution in [0.1, 0.15) is 20.7 Å². The number of carboxylic acid groups (broad SMARTS) is 1. The SMILES string of the molecule is O=C(Nc1ccc(Cl)cc1C(=O)O)c1ccc(I)c(Cl)c1. The number of hydrogen-bond acceptors (Lipinski definition) is 2. The molecular formula is C14H8Cl2INO3. The van der Waals surface area contributed by atoms with Crippen LogP contribution in [0.25, 0.3) is 0 Å². The number of carbonyl (C=O) groups is 2. The monoisotopic (exact) mass is 435 g/mol. The van der Waals surface area contributed by atoms with E-state index in [-0.39, 0.29) is 16.3 Å². The number of halogens is 3. The summed E-state index contributed by atoms with van der Waals surface area (Å²) in [7, 11) is 0. The van der Waals surface area contributed by atoms with Crippen molar-refractivity contribution in [2.24, 2.45) is 0 Å². The van der Waals surface area contributed by atoms with E-state index >= 15 is 0 Å². The highest BCUT2D eigenvalue weighted by Crippen LogP contribution is 2.23. The molecule has 0 aromatic heterocycles. The van der Waals surface area contributed by atoms with Gasteiger partial charge in [0.1, 0.15) is 0 Å². The van der Waals surface area contributed by atoms with Gasteiger partial charge in [-0.2, -0.15) is 0 Å². The zero-order valence-electron chi connectivity index (χ0n) is 10.4. The Balaban J connectivity index is 2.31. The van der Waals surface area contributed by atoms with Crippen molar-refractivity contribution < 1.29 is 14.7 Å². The van der Waals surface area contributed by atoms with E-state index in [4.69, 9.17) is 28.3 Å². The summed E-state index contributed by atoms with van der Waals surface area (Å²) in [5, 5.41) is 12.4. The highest BCUT2D eigenvalue weighted by Gasteiger charge is 2.14. The molecule has 0 bridgehead atoms. The van der Waals surface area contributed by atoms with Crippen LogP contribution in [0.4, 0.5) is 5.69 Å². The third kappa shape index (κ3) is 3.87. The molecule has 0 aliphatic heterocycles. The number of amides is 1. The maximum Gasteiger partial charge on any atom is 0.337 e. The van der Waals surface area contributed by atoms with Gasteiger partial charge in [0, 0.05) is 14.2 Å². The maximum absolute atomic E-state index is 12.1. The molecule has 1 amide bonds. The normalized spacial score (nSPS) is 10.2. The average molecular weight is 436 g/mol. The van der Waals surface area contributed by atoms with E-state index < -0.39 is 11.9 Å². The Bertz CT molecular complexity index is 734. The summed E-state index contributed by atoms with van der Waals surface area (Å²) >= 11 is 13.8. The average Bonchev–Trinajstić information content (AvgIpc) is 2.43. The smallest absolute Gasteiger partial charge is 0.337 e. The lowest BCUT2D eigenvalue weighted by molar-refractivity contribution is 0.0698. The molecule has 2 aromatic carbocycles. The van der Waals surface area contributed by atoms with Gasteiger partial charge in [0.15, 0.2) is 0 Å². The summed E-state index contributed by atoms with van der Waals surface area (Å²) in [4.78, 5) is 23.3. The topological polar surface area (TPSA) is 66.4 Å². The van der Waals surface area contributed by atoms with E-state index in [0.29, 0.717) is 10.6 Å². The van der Waals surface area contributed by atoms with Crippen molar-refractivity contribution in [3.63, 3.8) is 0 Å². The molecule has 0 radical (unpaired) electrons. The molecule has 0 aliphatic rings. The lowest BCUT2D eigenvalue weighted by Gasteiger charge is -2.09. The minimum absolute atomic E-state index is 0.0764. The van der Waals surface area contributed by atoms with Crippen molar-refractivity contribution in [1.29, 1.82) is 0 Å². The van der Waals surface area contributed by atoms with Crippen LogP contribution in [0.15, 0.2) is 36.4 Å². The van der Waals surface area contributed by atoms with E-state index in [1.807, 2.05) is 22.6 Å². The van der Waals surface area contributed by atoms with E-state index in [0.717, 1.165) is 3.57 Å². The van der Waals surface area contributed by atoms with Crippen LogP contribution in [0.2, 0.25) is 10.0 Å². The summed E-state index contributed by atoms with van der Waals surface area (Å²) in [6, 6.07) is 9.06. The van der Waals surface area contributed by atoms with Gasteiger partial charge < -0.3 is 10.4 Å². The van der Waals surface area contributed by atoms with Gasteiger partial charge in [0.2, 0.25) is 0 Å². The van der Waals surface area contributed by atoms with Gasteiger partial charge in [-0.15, -0.1) is 0 Å². The van der Waals surface area contributed by atoms with Gasteiger partial charge in [-0.05, 0) is 59.0 Å². The minimum atomic E-state index is -1.17. The second-order valence-electron chi connectivity index (χ2n) is 4.08. The van der Waals surface area contributed by atoms with Gasteiger partial charge in [0.05, 0.1) is 16.3 Å². The van der Waals surface area contributed by atoms with Crippen molar-refractivity contribution in [2.45, 2.75) is 0 Å². The molecule has 0 aliphatic carbocycles. The zero-order valence-corrected chi connectivity index (χ0v) is 14.0. The number of anilines is 1. The molecule has 2 aromatic rings. The van der Waals surface area contributed by atoms with Crippen LogP contribution in [-0.2, 0) is 0 Å². The molecule has 21 heavy (non-hydrogen) atoms. The number of carboxylic acids is 1. The Labute approximate surface area is 144 Å². The molecule has 0 atom stereocenters. The second-order valence-corrected chi connectivity index (χ2v) is 6.08. The van der Waals surface area contributed by atoms with Crippen LogP contribution in [0.3, 0.4) is 0 Å². The Hall–Kier alpha value is -1.31. The summed E-state index contributed by atoms with van der Waals surface area (Å²) < 4.78 is 0.823. The molecule has 7 heteroatoms. The fourth-order valence-electron chi connectivity index (χ4n) is 1.63. The van der Waals surface area contributed by atoms with Crippen molar-refractivity contribution >= 4 is 63.4 Å². The van der Waals surface area contributed by atoms with Crippen molar-refractivity contribution in [1.82, 2.24) is 0 Å². The lowest BCUT2D eigenvalue weighted by Crippen LogP contribution is -2.15. The first kappa shape index (κ1) is 16.1. The molecule has 2 rings (SSSR count). The Morgan fingerprint density at radius 2 is 1.81 bits per heavy atom. The quantitative estimate of drug-likeness (QED) is 0.695. The largest absolute Gasteiger partial charge is 0.478 e. The van der Waals surface area contributed by atoms with Crippen LogP contribution in [0.5, 0.6) is 0 Å². The zero-order chi connectivity index (χ0) is 15.6. The van der Waals surface area contributed by atoms with E-state index in [1.54, 1.807) is 12.1 Å². The van der Waals surface area contributed by atoms with E-state index in [2.05, 4.69) is 5.32 Å². The predicted octanol–water partition coefficient (Wildman–Crippen LogP) is 4.55. The Kier molecular flexibility index (Phi) is 5.08. The van der Waals surface area contributed by atoms with Gasteiger partial charge in [-0.1, -0.05) is 23.2 Å². The van der Waals surface area contributed by atoms with Gasteiger partial charge in [-0.3, -0.25) is 4.79 Å². The van der Waals surface area contributed by atoms with Crippen LogP contribution >= 0.6 is 45.8 Å². The molecule has 2 N–H and O–H groups in total. The van der Waals surface area contributed by atoms with Crippen LogP contribution in [0, 0.1) is 3.57 Å². The number of hydrogen-bond donors (Lipinski definition) is 2. The fraction of sp³-hybridized carbons (Fsp3) is 0. The molecule has 0 unspecified atom stereocenters. The molecule has 108 valence electrons. The van der Waals surface area contributed by atoms with Crippen molar-refractivity contribution in [3.05, 3.63) is 61.1 Å². The highest BCUT2D eigenvalue weighted by atomic mass is 127. The van der Waals surface area contributed by atoms with Crippen molar-refractivity contribution in [3.8, 4) is 0 Å². The van der Waals surface area contributed by atoms with E-state index in [9.17, 15) is 9.59 Å². The second kappa shape index (κ2) is 6.64. The molecule has 0 spiro atoms. The molecule has 0 heterocycles.